The van der Waals surface area contributed by atoms with Gasteiger partial charge < -0.3 is 19.1 Å². The number of halogens is 1. The van der Waals surface area contributed by atoms with Crippen LogP contribution in [0.3, 0.4) is 0 Å². The molecule has 0 unspecified atom stereocenters. The lowest BCUT2D eigenvalue weighted by molar-refractivity contribution is -0.141. The molecule has 1 aliphatic heterocycles. The Bertz CT molecular complexity index is 881. The smallest absolute Gasteiger partial charge is 0.307 e. The van der Waals surface area contributed by atoms with Crippen molar-refractivity contribution in [2.75, 3.05) is 27.9 Å². The molecular weight excluding hydrogens is 365 g/mol. The molecule has 0 fully saturated rings. The fraction of sp³-hybridized carbons (Fsp3) is 0.333. The standard InChI is InChI=1S/C21H22FNO5/c1-26-18-10-14-8-9-23(21(25)13-4-6-15(22)7-5-13)17(12-20(24)28-3)16(14)11-19(18)27-2/h4-7,10-11,17H,8-9,12H2,1-3H3/t17-/m1/s1. The van der Waals surface area contributed by atoms with Gasteiger partial charge in [-0.05, 0) is 53.9 Å². The van der Waals surface area contributed by atoms with E-state index in [1.165, 1.54) is 38.5 Å². The van der Waals surface area contributed by atoms with Crippen LogP contribution in [0, 0.1) is 5.82 Å². The van der Waals surface area contributed by atoms with E-state index in [1.807, 2.05) is 6.07 Å². The summed E-state index contributed by atoms with van der Waals surface area (Å²) in [7, 11) is 4.40. The predicted octanol–water partition coefficient (Wildman–Crippen LogP) is 3.15. The van der Waals surface area contributed by atoms with Crippen molar-refractivity contribution in [3.8, 4) is 11.5 Å². The second-order valence-corrected chi connectivity index (χ2v) is 6.46. The van der Waals surface area contributed by atoms with Gasteiger partial charge in [0.05, 0.1) is 33.8 Å². The van der Waals surface area contributed by atoms with Crippen molar-refractivity contribution in [3.05, 3.63) is 58.9 Å². The third kappa shape index (κ3) is 3.78. The number of ether oxygens (including phenoxy) is 3. The normalized spacial score (nSPS) is 15.6. The summed E-state index contributed by atoms with van der Waals surface area (Å²) in [5.74, 6) is 0.00550. The van der Waals surface area contributed by atoms with Crippen molar-refractivity contribution in [2.24, 2.45) is 0 Å². The number of rotatable bonds is 5. The van der Waals surface area contributed by atoms with Crippen LogP contribution in [0.2, 0.25) is 0 Å². The molecule has 0 aliphatic carbocycles. The molecule has 6 nitrogen and oxygen atoms in total. The van der Waals surface area contributed by atoms with E-state index >= 15 is 0 Å². The van der Waals surface area contributed by atoms with Crippen LogP contribution in [0.25, 0.3) is 0 Å². The summed E-state index contributed by atoms with van der Waals surface area (Å²) in [6.07, 6.45) is 0.603. The van der Waals surface area contributed by atoms with Gasteiger partial charge in [0.25, 0.3) is 5.91 Å². The number of fused-ring (bicyclic) bond motifs is 1. The molecular formula is C21H22FNO5. The Balaban J connectivity index is 2.03. The monoisotopic (exact) mass is 387 g/mol. The van der Waals surface area contributed by atoms with Gasteiger partial charge in [0.1, 0.15) is 5.82 Å². The van der Waals surface area contributed by atoms with Crippen molar-refractivity contribution in [2.45, 2.75) is 18.9 Å². The number of carbonyl (C=O) groups excluding carboxylic acids is 2. The number of hydrogen-bond donors (Lipinski definition) is 0. The van der Waals surface area contributed by atoms with Crippen LogP contribution < -0.4 is 9.47 Å². The first-order chi connectivity index (χ1) is 13.5. The average molecular weight is 387 g/mol. The zero-order valence-electron chi connectivity index (χ0n) is 16.0. The van der Waals surface area contributed by atoms with Crippen molar-refractivity contribution in [1.82, 2.24) is 4.90 Å². The maximum absolute atomic E-state index is 13.2. The van der Waals surface area contributed by atoms with E-state index in [-0.39, 0.29) is 12.3 Å². The molecule has 28 heavy (non-hydrogen) atoms. The van der Waals surface area contributed by atoms with Crippen LogP contribution in [0.1, 0.15) is 33.9 Å². The molecule has 3 rings (SSSR count). The molecule has 2 aromatic rings. The topological polar surface area (TPSA) is 65.1 Å². The molecule has 7 heteroatoms. The number of amides is 1. The van der Waals surface area contributed by atoms with Gasteiger partial charge in [-0.2, -0.15) is 0 Å². The molecule has 0 aromatic heterocycles. The van der Waals surface area contributed by atoms with Crippen molar-refractivity contribution < 1.29 is 28.2 Å². The summed E-state index contributed by atoms with van der Waals surface area (Å²) in [6, 6.07) is 8.52. The summed E-state index contributed by atoms with van der Waals surface area (Å²) < 4.78 is 28.8. The highest BCUT2D eigenvalue weighted by Crippen LogP contribution is 2.40. The Morgan fingerprint density at radius 2 is 1.71 bits per heavy atom. The van der Waals surface area contributed by atoms with Crippen molar-refractivity contribution in [3.63, 3.8) is 0 Å². The number of carbonyl (C=O) groups is 2. The quantitative estimate of drug-likeness (QED) is 0.738. The van der Waals surface area contributed by atoms with Gasteiger partial charge in [-0.25, -0.2) is 4.39 Å². The molecule has 1 aliphatic rings. The highest BCUT2D eigenvalue weighted by molar-refractivity contribution is 5.95. The largest absolute Gasteiger partial charge is 0.493 e. The lowest BCUT2D eigenvalue weighted by Crippen LogP contribution is -2.41. The van der Waals surface area contributed by atoms with E-state index in [9.17, 15) is 14.0 Å². The van der Waals surface area contributed by atoms with Gasteiger partial charge >= 0.3 is 5.97 Å². The predicted molar refractivity (Wildman–Crippen MR) is 100 cm³/mol. The van der Waals surface area contributed by atoms with E-state index in [1.54, 1.807) is 18.1 Å². The maximum atomic E-state index is 13.2. The summed E-state index contributed by atoms with van der Waals surface area (Å²) in [5, 5.41) is 0. The lowest BCUT2D eigenvalue weighted by atomic mass is 9.89. The fourth-order valence-electron chi connectivity index (χ4n) is 3.49. The van der Waals surface area contributed by atoms with Gasteiger partial charge in [-0.3, -0.25) is 9.59 Å². The molecule has 148 valence electrons. The minimum absolute atomic E-state index is 0.00587. The van der Waals surface area contributed by atoms with Gasteiger partial charge in [-0.1, -0.05) is 0 Å². The van der Waals surface area contributed by atoms with E-state index < -0.39 is 17.8 Å². The summed E-state index contributed by atoms with van der Waals surface area (Å²) in [4.78, 5) is 26.7. The number of esters is 1. The highest BCUT2D eigenvalue weighted by atomic mass is 19.1. The van der Waals surface area contributed by atoms with Gasteiger partial charge in [-0.15, -0.1) is 0 Å². The second kappa shape index (κ2) is 8.29. The Morgan fingerprint density at radius 3 is 2.32 bits per heavy atom. The van der Waals surface area contributed by atoms with E-state index in [0.29, 0.717) is 30.0 Å². The molecule has 0 N–H and O–H groups in total. The first-order valence-electron chi connectivity index (χ1n) is 8.86. The van der Waals surface area contributed by atoms with Gasteiger partial charge in [0, 0.05) is 12.1 Å². The number of hydrogen-bond acceptors (Lipinski definition) is 5. The maximum Gasteiger partial charge on any atom is 0.307 e. The van der Waals surface area contributed by atoms with Crippen LogP contribution in [-0.2, 0) is 16.0 Å². The second-order valence-electron chi connectivity index (χ2n) is 6.46. The molecule has 1 heterocycles. The fourth-order valence-corrected chi connectivity index (χ4v) is 3.49. The third-order valence-corrected chi connectivity index (χ3v) is 4.94. The van der Waals surface area contributed by atoms with E-state index in [2.05, 4.69) is 0 Å². The molecule has 0 radical (unpaired) electrons. The number of nitrogens with zero attached hydrogens (tertiary/aromatic N) is 1. The third-order valence-electron chi connectivity index (χ3n) is 4.94. The van der Waals surface area contributed by atoms with Crippen LogP contribution in [0.5, 0.6) is 11.5 Å². The van der Waals surface area contributed by atoms with Gasteiger partial charge in [0.2, 0.25) is 0 Å². The Labute approximate surface area is 162 Å². The molecule has 0 bridgehead atoms. The minimum Gasteiger partial charge on any atom is -0.493 e. The zero-order chi connectivity index (χ0) is 20.3. The lowest BCUT2D eigenvalue weighted by Gasteiger charge is -2.37. The first kappa shape index (κ1) is 19.7. The molecule has 1 atom stereocenters. The zero-order valence-corrected chi connectivity index (χ0v) is 16.0. The Kier molecular flexibility index (Phi) is 5.82. The summed E-state index contributed by atoms with van der Waals surface area (Å²) >= 11 is 0. The SMILES string of the molecule is COC(=O)C[C@@H]1c2cc(OC)c(OC)cc2CCN1C(=O)c1ccc(F)cc1. The first-order valence-corrected chi connectivity index (χ1v) is 8.86. The average Bonchev–Trinajstić information content (AvgIpc) is 2.72. The number of methoxy groups -OCH3 is 3. The van der Waals surface area contributed by atoms with Crippen LogP contribution in [-0.4, -0.2) is 44.7 Å². The highest BCUT2D eigenvalue weighted by Gasteiger charge is 2.34. The molecule has 2 aromatic carbocycles. The van der Waals surface area contributed by atoms with E-state index in [0.717, 1.165) is 11.1 Å². The molecule has 0 spiro atoms. The van der Waals surface area contributed by atoms with Crippen LogP contribution >= 0.6 is 0 Å². The van der Waals surface area contributed by atoms with E-state index in [4.69, 9.17) is 14.2 Å². The molecule has 1 amide bonds. The number of benzene rings is 2. The van der Waals surface area contributed by atoms with Gasteiger partial charge in [0.15, 0.2) is 11.5 Å². The summed E-state index contributed by atoms with van der Waals surface area (Å²) in [6.45, 7) is 0.417. The van der Waals surface area contributed by atoms with Crippen LogP contribution in [0.4, 0.5) is 4.39 Å². The van der Waals surface area contributed by atoms with Crippen molar-refractivity contribution >= 4 is 11.9 Å². The van der Waals surface area contributed by atoms with Crippen molar-refractivity contribution in [1.29, 1.82) is 0 Å². The Hall–Kier alpha value is -3.09. The van der Waals surface area contributed by atoms with Crippen LogP contribution in [0.15, 0.2) is 36.4 Å². The minimum atomic E-state index is -0.520. The molecule has 0 saturated carbocycles. The summed E-state index contributed by atoms with van der Waals surface area (Å²) in [5.41, 5.74) is 2.15. The molecule has 0 saturated heterocycles. The Morgan fingerprint density at radius 1 is 1.07 bits per heavy atom.